The lowest BCUT2D eigenvalue weighted by molar-refractivity contribution is 0.0167. The summed E-state index contributed by atoms with van der Waals surface area (Å²) in [5.41, 5.74) is 1.04. The molecule has 0 spiro atoms. The lowest BCUT2D eigenvalue weighted by Crippen LogP contribution is -2.43. The predicted octanol–water partition coefficient (Wildman–Crippen LogP) is 6.67. The Morgan fingerprint density at radius 2 is 1.72 bits per heavy atom. The molecule has 2 aromatic carbocycles. The van der Waals surface area contributed by atoms with Crippen LogP contribution in [0.4, 0.5) is 10.5 Å². The van der Waals surface area contributed by atoms with Crippen molar-refractivity contribution in [1.82, 2.24) is 14.7 Å². The van der Waals surface area contributed by atoms with E-state index in [9.17, 15) is 9.59 Å². The zero-order valence-electron chi connectivity index (χ0n) is 21.0. The summed E-state index contributed by atoms with van der Waals surface area (Å²) in [6.45, 7) is 15.7. The molecule has 2 heterocycles. The van der Waals surface area contributed by atoms with E-state index in [1.807, 2.05) is 75.4 Å². The number of hydrogen-bond donors (Lipinski definition) is 0. The van der Waals surface area contributed by atoms with E-state index in [1.165, 1.54) is 6.92 Å². The van der Waals surface area contributed by atoms with E-state index in [1.54, 1.807) is 9.58 Å². The van der Waals surface area contributed by atoms with Crippen LogP contribution in [-0.4, -0.2) is 45.2 Å². The Morgan fingerprint density at radius 1 is 1.06 bits per heavy atom. The molecule has 4 rings (SSSR count). The zero-order chi connectivity index (χ0) is 25.9. The third-order valence-corrected chi connectivity index (χ3v) is 5.83. The van der Waals surface area contributed by atoms with Crippen LogP contribution in [0.5, 0.6) is 11.5 Å². The highest BCUT2D eigenvalue weighted by Gasteiger charge is 2.32. The maximum Gasteiger partial charge on any atom is 0.410 e. The molecule has 1 aliphatic heterocycles. The van der Waals surface area contributed by atoms with Gasteiger partial charge in [-0.2, -0.15) is 5.10 Å². The van der Waals surface area contributed by atoms with Gasteiger partial charge in [0, 0.05) is 13.1 Å². The second-order valence-corrected chi connectivity index (χ2v) is 9.82. The number of amides is 1. The Labute approximate surface area is 211 Å². The van der Waals surface area contributed by atoms with Crippen LogP contribution in [0.2, 0.25) is 0 Å². The molecule has 36 heavy (non-hydrogen) atoms. The summed E-state index contributed by atoms with van der Waals surface area (Å²) in [6.07, 6.45) is 1.10. The number of hydrogen-bond acceptors (Lipinski definition) is 5. The molecule has 3 aromatic rings. The van der Waals surface area contributed by atoms with Crippen LogP contribution in [0, 0.1) is 6.57 Å². The molecule has 1 aromatic heterocycles. The zero-order valence-corrected chi connectivity index (χ0v) is 21.0. The lowest BCUT2D eigenvalue weighted by Gasteiger charge is -2.34. The van der Waals surface area contributed by atoms with Gasteiger partial charge >= 0.3 is 6.09 Å². The third kappa shape index (κ3) is 5.57. The van der Waals surface area contributed by atoms with E-state index in [4.69, 9.17) is 21.1 Å². The second kappa shape index (κ2) is 10.2. The van der Waals surface area contributed by atoms with Crippen molar-refractivity contribution in [3.63, 3.8) is 0 Å². The molecule has 0 bridgehead atoms. The number of ether oxygens (including phenoxy) is 2. The Balaban J connectivity index is 1.63. The normalized spacial score (nSPS) is 15.8. The highest BCUT2D eigenvalue weighted by molar-refractivity contribution is 6.01. The number of para-hydroxylation sites is 1. The fourth-order valence-electron chi connectivity index (χ4n) is 4.27. The van der Waals surface area contributed by atoms with Gasteiger partial charge < -0.3 is 14.4 Å². The summed E-state index contributed by atoms with van der Waals surface area (Å²) in [7, 11) is 0. The average molecular weight is 487 g/mol. The van der Waals surface area contributed by atoms with E-state index in [-0.39, 0.29) is 29.3 Å². The van der Waals surface area contributed by atoms with Crippen molar-refractivity contribution in [2.24, 2.45) is 0 Å². The first kappa shape index (κ1) is 25.0. The maximum absolute atomic E-state index is 12.7. The van der Waals surface area contributed by atoms with E-state index in [2.05, 4.69) is 4.85 Å². The molecule has 0 N–H and O–H groups in total. The number of Topliss-reactive ketones (excluding diaryl/α,β-unsaturated/α-hetero) is 1. The van der Waals surface area contributed by atoms with Crippen molar-refractivity contribution in [1.29, 1.82) is 0 Å². The third-order valence-electron chi connectivity index (χ3n) is 5.83. The van der Waals surface area contributed by atoms with Crippen molar-refractivity contribution >= 4 is 17.6 Å². The summed E-state index contributed by atoms with van der Waals surface area (Å²) in [6, 6.07) is 16.5. The van der Waals surface area contributed by atoms with Gasteiger partial charge in [-0.1, -0.05) is 30.3 Å². The van der Waals surface area contributed by atoms with Crippen molar-refractivity contribution in [2.75, 3.05) is 13.1 Å². The number of ketones is 1. The Bertz CT molecular complexity index is 1280. The first-order valence-electron chi connectivity index (χ1n) is 12.0. The minimum absolute atomic E-state index is 0.216. The molecule has 1 amide bonds. The van der Waals surface area contributed by atoms with Crippen LogP contribution >= 0.6 is 0 Å². The first-order valence-corrected chi connectivity index (χ1v) is 12.0. The summed E-state index contributed by atoms with van der Waals surface area (Å²) >= 11 is 0. The molecule has 0 saturated carbocycles. The Hall–Kier alpha value is -4.12. The van der Waals surface area contributed by atoms with Gasteiger partial charge in [0.25, 0.3) is 0 Å². The topological polar surface area (TPSA) is 78.0 Å². The molecule has 1 fully saturated rings. The quantitative estimate of drug-likeness (QED) is 0.297. The van der Waals surface area contributed by atoms with Gasteiger partial charge in [-0.25, -0.2) is 9.64 Å². The fraction of sp³-hybridized carbons (Fsp3) is 0.357. The van der Waals surface area contributed by atoms with Gasteiger partial charge in [-0.3, -0.25) is 9.48 Å². The summed E-state index contributed by atoms with van der Waals surface area (Å²) < 4.78 is 13.0. The van der Waals surface area contributed by atoms with Crippen LogP contribution in [0.3, 0.4) is 0 Å². The van der Waals surface area contributed by atoms with Crippen LogP contribution in [0.25, 0.3) is 16.1 Å². The summed E-state index contributed by atoms with van der Waals surface area (Å²) in [5.74, 6) is 1.14. The van der Waals surface area contributed by atoms with E-state index in [0.717, 1.165) is 18.6 Å². The average Bonchev–Trinajstić information content (AvgIpc) is 3.24. The molecule has 186 valence electrons. The molecular weight excluding hydrogens is 456 g/mol. The summed E-state index contributed by atoms with van der Waals surface area (Å²) in [4.78, 5) is 30.7. The number of piperidine rings is 1. The van der Waals surface area contributed by atoms with Crippen molar-refractivity contribution < 1.29 is 19.1 Å². The summed E-state index contributed by atoms with van der Waals surface area (Å²) in [5, 5.41) is 4.74. The molecule has 1 saturated heterocycles. The van der Waals surface area contributed by atoms with Crippen LogP contribution in [0.1, 0.15) is 57.1 Å². The second-order valence-electron chi connectivity index (χ2n) is 9.82. The smallest absolute Gasteiger partial charge is 0.410 e. The largest absolute Gasteiger partial charge is 0.457 e. The Kier molecular flexibility index (Phi) is 7.11. The molecule has 1 aliphatic rings. The highest BCUT2D eigenvalue weighted by Crippen LogP contribution is 2.37. The van der Waals surface area contributed by atoms with E-state index < -0.39 is 5.60 Å². The number of nitrogens with zero attached hydrogens (tertiary/aromatic N) is 4. The van der Waals surface area contributed by atoms with E-state index in [0.29, 0.717) is 30.1 Å². The number of likely N-dealkylation sites (tertiary alicyclic amines) is 1. The molecule has 0 radical (unpaired) electrons. The number of carbonyl (C=O) groups is 2. The fourth-order valence-corrected chi connectivity index (χ4v) is 4.27. The van der Waals surface area contributed by atoms with Gasteiger partial charge in [0.1, 0.15) is 22.8 Å². The Morgan fingerprint density at radius 3 is 2.33 bits per heavy atom. The van der Waals surface area contributed by atoms with Gasteiger partial charge in [-0.15, -0.1) is 0 Å². The molecule has 8 nitrogen and oxygen atoms in total. The number of carbonyl (C=O) groups excluding carboxylic acids is 2. The maximum atomic E-state index is 12.7. The highest BCUT2D eigenvalue weighted by atomic mass is 16.6. The van der Waals surface area contributed by atoms with Gasteiger partial charge in [-0.05, 0) is 70.4 Å². The number of aromatic nitrogens is 2. The van der Waals surface area contributed by atoms with Gasteiger partial charge in [0.2, 0.25) is 5.69 Å². The minimum Gasteiger partial charge on any atom is -0.457 e. The van der Waals surface area contributed by atoms with Crippen molar-refractivity contribution in [3.05, 3.63) is 71.7 Å². The van der Waals surface area contributed by atoms with Crippen LogP contribution in [-0.2, 0) is 4.74 Å². The van der Waals surface area contributed by atoms with Crippen molar-refractivity contribution in [3.8, 4) is 22.8 Å². The molecular formula is C28H30N4O4. The lowest BCUT2D eigenvalue weighted by atomic mass is 10.1. The monoisotopic (exact) mass is 486 g/mol. The van der Waals surface area contributed by atoms with Gasteiger partial charge in [0.05, 0.1) is 18.3 Å². The number of benzene rings is 2. The van der Waals surface area contributed by atoms with Crippen LogP contribution < -0.4 is 4.74 Å². The standard InChI is InChI=1S/C28H30N4O4/c1-19(33)26-25(29-5)24(20-13-15-23(16-14-20)35-22-11-7-6-8-12-22)30-32(26)21-10-9-17-31(18-21)27(34)36-28(2,3)4/h6-8,11-16,21H,9-10,17-18H2,1-4H3. The minimum atomic E-state index is -0.596. The number of rotatable bonds is 5. The molecule has 8 heteroatoms. The van der Waals surface area contributed by atoms with Gasteiger partial charge in [0.15, 0.2) is 5.78 Å². The van der Waals surface area contributed by atoms with Crippen molar-refractivity contribution in [2.45, 2.75) is 52.2 Å². The molecule has 1 unspecified atom stereocenters. The predicted molar refractivity (Wildman–Crippen MR) is 137 cm³/mol. The molecule has 0 aliphatic carbocycles. The van der Waals surface area contributed by atoms with E-state index >= 15 is 0 Å². The molecule has 1 atom stereocenters. The first-order chi connectivity index (χ1) is 17.2. The SMILES string of the molecule is [C-]#[N+]c1c(-c2ccc(Oc3ccccc3)cc2)nn(C2CCCN(C(=O)OC(C)(C)C)C2)c1C(C)=O. The van der Waals surface area contributed by atoms with Crippen LogP contribution in [0.15, 0.2) is 54.6 Å².